The standard InChI is InChI=1S/C9H7F3O2/c1-5(13)6-3-2-4-7(14)8(6)9(10,11)12/h2-4,14H,1H3. The Bertz CT molecular complexity index is 369. The summed E-state index contributed by atoms with van der Waals surface area (Å²) in [6.45, 7) is 1.02. The van der Waals surface area contributed by atoms with Crippen LogP contribution in [0.15, 0.2) is 18.2 Å². The molecule has 2 nitrogen and oxygen atoms in total. The smallest absolute Gasteiger partial charge is 0.420 e. The molecule has 0 spiro atoms. The number of phenols is 1. The van der Waals surface area contributed by atoms with Crippen molar-refractivity contribution in [3.8, 4) is 5.75 Å². The number of hydrogen-bond donors (Lipinski definition) is 1. The summed E-state index contributed by atoms with van der Waals surface area (Å²) in [5.74, 6) is -1.65. The van der Waals surface area contributed by atoms with Gasteiger partial charge in [0.25, 0.3) is 0 Å². The third kappa shape index (κ3) is 1.86. The van der Waals surface area contributed by atoms with Crippen LogP contribution >= 0.6 is 0 Å². The maximum absolute atomic E-state index is 12.4. The molecule has 0 saturated carbocycles. The van der Waals surface area contributed by atoms with E-state index in [0.29, 0.717) is 0 Å². The Morgan fingerprint density at radius 2 is 1.93 bits per heavy atom. The van der Waals surface area contributed by atoms with Gasteiger partial charge in [0.05, 0.1) is 0 Å². The molecule has 1 aromatic carbocycles. The number of Topliss-reactive ketones (excluding diaryl/α,β-unsaturated/α-hetero) is 1. The van der Waals surface area contributed by atoms with Crippen molar-refractivity contribution < 1.29 is 23.1 Å². The molecule has 0 atom stereocenters. The van der Waals surface area contributed by atoms with E-state index < -0.39 is 28.8 Å². The van der Waals surface area contributed by atoms with Crippen molar-refractivity contribution in [2.75, 3.05) is 0 Å². The van der Waals surface area contributed by atoms with Gasteiger partial charge in [0.15, 0.2) is 5.78 Å². The molecule has 0 bridgehead atoms. The van der Waals surface area contributed by atoms with Crippen LogP contribution in [0.1, 0.15) is 22.8 Å². The minimum atomic E-state index is -4.72. The molecule has 0 heterocycles. The topological polar surface area (TPSA) is 37.3 Å². The third-order valence-electron chi connectivity index (χ3n) is 1.71. The number of benzene rings is 1. The number of phenolic OH excluding ortho intramolecular Hbond substituents is 1. The van der Waals surface area contributed by atoms with Gasteiger partial charge < -0.3 is 5.11 Å². The third-order valence-corrected chi connectivity index (χ3v) is 1.71. The first-order chi connectivity index (χ1) is 6.34. The summed E-state index contributed by atoms with van der Waals surface area (Å²) in [7, 11) is 0. The quantitative estimate of drug-likeness (QED) is 0.714. The number of alkyl halides is 3. The number of rotatable bonds is 1. The van der Waals surface area contributed by atoms with Crippen molar-refractivity contribution in [3.63, 3.8) is 0 Å². The fourth-order valence-corrected chi connectivity index (χ4v) is 1.13. The molecule has 1 aromatic rings. The number of aromatic hydroxyl groups is 1. The second-order valence-electron chi connectivity index (χ2n) is 2.75. The molecule has 0 amide bonds. The van der Waals surface area contributed by atoms with Gasteiger partial charge in [-0.25, -0.2) is 0 Å². The summed E-state index contributed by atoms with van der Waals surface area (Å²) >= 11 is 0. The second kappa shape index (κ2) is 3.32. The zero-order valence-corrected chi connectivity index (χ0v) is 7.22. The number of halogens is 3. The summed E-state index contributed by atoms with van der Waals surface area (Å²) in [6, 6.07) is 3.13. The van der Waals surface area contributed by atoms with Gasteiger partial charge in [0.1, 0.15) is 11.3 Å². The highest BCUT2D eigenvalue weighted by Crippen LogP contribution is 2.38. The van der Waals surface area contributed by atoms with Crippen molar-refractivity contribution in [1.29, 1.82) is 0 Å². The summed E-state index contributed by atoms with van der Waals surface area (Å²) in [4.78, 5) is 10.9. The molecule has 14 heavy (non-hydrogen) atoms. The average molecular weight is 204 g/mol. The van der Waals surface area contributed by atoms with E-state index in [1.54, 1.807) is 0 Å². The largest absolute Gasteiger partial charge is 0.507 e. The van der Waals surface area contributed by atoms with E-state index in [0.717, 1.165) is 19.1 Å². The molecule has 0 saturated heterocycles. The van der Waals surface area contributed by atoms with E-state index in [4.69, 9.17) is 5.11 Å². The number of carbonyl (C=O) groups is 1. The first kappa shape index (κ1) is 10.6. The zero-order chi connectivity index (χ0) is 10.9. The normalized spacial score (nSPS) is 11.4. The highest BCUT2D eigenvalue weighted by molar-refractivity contribution is 5.96. The zero-order valence-electron chi connectivity index (χ0n) is 7.22. The van der Waals surface area contributed by atoms with Crippen LogP contribution in [0.4, 0.5) is 13.2 Å². The van der Waals surface area contributed by atoms with Crippen molar-refractivity contribution in [3.05, 3.63) is 29.3 Å². The Hall–Kier alpha value is -1.52. The van der Waals surface area contributed by atoms with Crippen molar-refractivity contribution in [1.82, 2.24) is 0 Å². The van der Waals surface area contributed by atoms with Gasteiger partial charge in [-0.1, -0.05) is 12.1 Å². The minimum Gasteiger partial charge on any atom is -0.507 e. The lowest BCUT2D eigenvalue weighted by Crippen LogP contribution is -2.11. The monoisotopic (exact) mass is 204 g/mol. The Labute approximate surface area is 78.0 Å². The molecule has 0 aromatic heterocycles. The number of hydrogen-bond acceptors (Lipinski definition) is 2. The van der Waals surface area contributed by atoms with Crippen LogP contribution in [0.3, 0.4) is 0 Å². The van der Waals surface area contributed by atoms with Gasteiger partial charge in [0.2, 0.25) is 0 Å². The van der Waals surface area contributed by atoms with Gasteiger partial charge in [0, 0.05) is 5.56 Å². The van der Waals surface area contributed by atoms with E-state index in [2.05, 4.69) is 0 Å². The molecule has 0 aliphatic heterocycles. The lowest BCUT2D eigenvalue weighted by molar-refractivity contribution is -0.139. The average Bonchev–Trinajstić information content (AvgIpc) is 2.01. The number of ketones is 1. The van der Waals surface area contributed by atoms with Crippen LogP contribution in [-0.2, 0) is 6.18 Å². The number of carbonyl (C=O) groups excluding carboxylic acids is 1. The maximum atomic E-state index is 12.4. The molecule has 76 valence electrons. The highest BCUT2D eigenvalue weighted by Gasteiger charge is 2.37. The molecule has 1 rings (SSSR count). The summed E-state index contributed by atoms with van der Waals surface area (Å²) < 4.78 is 37.1. The first-order valence-electron chi connectivity index (χ1n) is 3.74. The van der Waals surface area contributed by atoms with Gasteiger partial charge in [-0.05, 0) is 13.0 Å². The van der Waals surface area contributed by atoms with E-state index in [9.17, 15) is 18.0 Å². The molecule has 0 fully saturated rings. The van der Waals surface area contributed by atoms with Gasteiger partial charge in [-0.3, -0.25) is 4.79 Å². The minimum absolute atomic E-state index is 0.516. The Balaban J connectivity index is 3.45. The van der Waals surface area contributed by atoms with E-state index in [-0.39, 0.29) is 0 Å². The van der Waals surface area contributed by atoms with Gasteiger partial charge in [-0.15, -0.1) is 0 Å². The maximum Gasteiger partial charge on any atom is 0.420 e. The fraction of sp³-hybridized carbons (Fsp3) is 0.222. The molecular formula is C9H7F3O2. The first-order valence-corrected chi connectivity index (χ1v) is 3.74. The molecule has 0 aliphatic carbocycles. The van der Waals surface area contributed by atoms with Crippen LogP contribution in [-0.4, -0.2) is 10.9 Å². The van der Waals surface area contributed by atoms with Crippen LogP contribution in [0.2, 0.25) is 0 Å². The second-order valence-corrected chi connectivity index (χ2v) is 2.75. The molecule has 5 heteroatoms. The molecule has 0 radical (unpaired) electrons. The summed E-state index contributed by atoms with van der Waals surface area (Å²) in [6.07, 6.45) is -4.72. The van der Waals surface area contributed by atoms with E-state index >= 15 is 0 Å². The van der Waals surface area contributed by atoms with E-state index in [1.165, 1.54) is 6.07 Å². The van der Waals surface area contributed by atoms with Crippen molar-refractivity contribution in [2.24, 2.45) is 0 Å². The van der Waals surface area contributed by atoms with Crippen LogP contribution in [0, 0.1) is 0 Å². The van der Waals surface area contributed by atoms with Crippen molar-refractivity contribution >= 4 is 5.78 Å². The van der Waals surface area contributed by atoms with Gasteiger partial charge >= 0.3 is 6.18 Å². The molecule has 0 unspecified atom stereocenters. The Kier molecular flexibility index (Phi) is 2.51. The van der Waals surface area contributed by atoms with Crippen LogP contribution < -0.4 is 0 Å². The lowest BCUT2D eigenvalue weighted by atomic mass is 10.0. The Morgan fingerprint density at radius 3 is 2.29 bits per heavy atom. The molecule has 1 N–H and O–H groups in total. The van der Waals surface area contributed by atoms with E-state index in [1.807, 2.05) is 0 Å². The van der Waals surface area contributed by atoms with Crippen molar-refractivity contribution in [2.45, 2.75) is 13.1 Å². The van der Waals surface area contributed by atoms with Crippen LogP contribution in [0.5, 0.6) is 5.75 Å². The molecule has 0 aliphatic rings. The fourth-order valence-electron chi connectivity index (χ4n) is 1.13. The lowest BCUT2D eigenvalue weighted by Gasteiger charge is -2.11. The SMILES string of the molecule is CC(=O)c1cccc(O)c1C(F)(F)F. The summed E-state index contributed by atoms with van der Waals surface area (Å²) in [5, 5.41) is 9.00. The molecular weight excluding hydrogens is 197 g/mol. The Morgan fingerprint density at radius 1 is 1.36 bits per heavy atom. The van der Waals surface area contributed by atoms with Crippen LogP contribution in [0.25, 0.3) is 0 Å². The predicted molar refractivity (Wildman–Crippen MR) is 43.1 cm³/mol. The highest BCUT2D eigenvalue weighted by atomic mass is 19.4. The predicted octanol–water partition coefficient (Wildman–Crippen LogP) is 2.61. The summed E-state index contributed by atoms with van der Waals surface area (Å²) in [5.41, 5.74) is -1.79. The van der Waals surface area contributed by atoms with Gasteiger partial charge in [-0.2, -0.15) is 13.2 Å².